The predicted octanol–water partition coefficient (Wildman–Crippen LogP) is 4.32. The molecule has 1 heterocycles. The molecule has 1 fully saturated rings. The molecule has 4 heteroatoms. The third kappa shape index (κ3) is 4.10. The van der Waals surface area contributed by atoms with E-state index in [4.69, 9.17) is 0 Å². The molecule has 0 atom stereocenters. The molecule has 21 heavy (non-hydrogen) atoms. The van der Waals surface area contributed by atoms with Crippen LogP contribution in [0.4, 0.5) is 0 Å². The molecule has 110 valence electrons. The second-order valence-electron chi connectivity index (χ2n) is 5.15. The van der Waals surface area contributed by atoms with Crippen molar-refractivity contribution in [2.45, 2.75) is 23.2 Å². The number of nitrogens with one attached hydrogen (secondary N) is 2. The van der Waals surface area contributed by atoms with Crippen molar-refractivity contribution in [3.63, 3.8) is 0 Å². The average molecular weight is 363 g/mol. The topological polar surface area (TPSA) is 24.1 Å². The van der Waals surface area contributed by atoms with Crippen molar-refractivity contribution in [3.05, 3.63) is 64.1 Å². The van der Waals surface area contributed by atoms with E-state index in [0.717, 1.165) is 23.3 Å². The Morgan fingerprint density at radius 3 is 2.67 bits per heavy atom. The lowest BCUT2D eigenvalue weighted by molar-refractivity contribution is 0.376. The van der Waals surface area contributed by atoms with Crippen molar-refractivity contribution in [3.8, 4) is 0 Å². The van der Waals surface area contributed by atoms with Crippen LogP contribution in [-0.4, -0.2) is 13.1 Å². The normalized spacial score (nSPS) is 16.0. The minimum Gasteiger partial charge on any atom is -0.298 e. The molecule has 2 nitrogen and oxygen atoms in total. The summed E-state index contributed by atoms with van der Waals surface area (Å²) in [7, 11) is 0. The first-order chi connectivity index (χ1) is 10.3. The zero-order valence-corrected chi connectivity index (χ0v) is 14.2. The summed E-state index contributed by atoms with van der Waals surface area (Å²) in [6.45, 7) is 2.17. The highest BCUT2D eigenvalue weighted by Gasteiger charge is 2.16. The molecule has 0 radical (unpaired) electrons. The van der Waals surface area contributed by atoms with Crippen molar-refractivity contribution in [2.75, 3.05) is 13.1 Å². The number of halogens is 1. The summed E-state index contributed by atoms with van der Waals surface area (Å²) in [4.78, 5) is 1.35. The van der Waals surface area contributed by atoms with Crippen LogP contribution in [0.5, 0.6) is 0 Å². The van der Waals surface area contributed by atoms with Gasteiger partial charge in [0.2, 0.25) is 0 Å². The van der Waals surface area contributed by atoms with Crippen LogP contribution in [-0.2, 0) is 5.75 Å². The Labute approximate surface area is 138 Å². The van der Waals surface area contributed by atoms with Gasteiger partial charge in [0.15, 0.2) is 0 Å². The van der Waals surface area contributed by atoms with Crippen molar-refractivity contribution in [1.29, 1.82) is 0 Å². The van der Waals surface area contributed by atoms with Crippen LogP contribution in [0.3, 0.4) is 0 Å². The van der Waals surface area contributed by atoms with Crippen LogP contribution in [0.2, 0.25) is 0 Å². The van der Waals surface area contributed by atoms with Crippen LogP contribution in [0, 0.1) is 0 Å². The van der Waals surface area contributed by atoms with E-state index < -0.39 is 0 Å². The van der Waals surface area contributed by atoms with Gasteiger partial charge in [-0.1, -0.05) is 46.3 Å². The molecule has 0 unspecified atom stereocenters. The number of thioether (sulfide) groups is 1. The van der Waals surface area contributed by atoms with Crippen LogP contribution >= 0.6 is 27.7 Å². The minimum absolute atomic E-state index is 0.282. The summed E-state index contributed by atoms with van der Waals surface area (Å²) < 4.78 is 1.14. The molecule has 0 aliphatic carbocycles. The van der Waals surface area contributed by atoms with Gasteiger partial charge in [0.05, 0.1) is 6.17 Å². The van der Waals surface area contributed by atoms with Gasteiger partial charge in [0, 0.05) is 15.1 Å². The summed E-state index contributed by atoms with van der Waals surface area (Å²) in [6.07, 6.45) is 1.48. The molecular weight excluding hydrogens is 344 g/mol. The Bertz CT molecular complexity index is 597. The van der Waals surface area contributed by atoms with Gasteiger partial charge in [-0.15, -0.1) is 11.8 Å². The standard InChI is InChI=1S/C17H19BrN2S/c18-14-6-3-5-13(11-14)12-21-16-8-2-1-7-15(16)17-19-9-4-10-20-17/h1-3,5-8,11,17,19-20H,4,9-10,12H2. The van der Waals surface area contributed by atoms with Gasteiger partial charge < -0.3 is 0 Å². The van der Waals surface area contributed by atoms with Gasteiger partial charge in [0.25, 0.3) is 0 Å². The van der Waals surface area contributed by atoms with Gasteiger partial charge in [0.1, 0.15) is 0 Å². The number of benzene rings is 2. The first-order valence-corrected chi connectivity index (χ1v) is 9.04. The van der Waals surface area contributed by atoms with E-state index in [9.17, 15) is 0 Å². The quantitative estimate of drug-likeness (QED) is 0.791. The second kappa shape index (κ2) is 7.45. The van der Waals surface area contributed by atoms with Crippen molar-refractivity contribution in [1.82, 2.24) is 10.6 Å². The van der Waals surface area contributed by atoms with E-state index in [1.807, 2.05) is 11.8 Å². The van der Waals surface area contributed by atoms with Gasteiger partial charge >= 0.3 is 0 Å². The molecule has 0 bridgehead atoms. The molecule has 0 aromatic heterocycles. The van der Waals surface area contributed by atoms with Crippen LogP contribution in [0.15, 0.2) is 57.9 Å². The second-order valence-corrected chi connectivity index (χ2v) is 7.08. The molecular formula is C17H19BrN2S. The van der Waals surface area contributed by atoms with Crippen molar-refractivity contribution in [2.24, 2.45) is 0 Å². The van der Waals surface area contributed by atoms with E-state index >= 15 is 0 Å². The summed E-state index contributed by atoms with van der Waals surface area (Å²) >= 11 is 5.44. The third-order valence-corrected chi connectivity index (χ3v) is 5.22. The lowest BCUT2D eigenvalue weighted by atomic mass is 10.1. The molecule has 3 rings (SSSR count). The Morgan fingerprint density at radius 2 is 1.86 bits per heavy atom. The minimum atomic E-state index is 0.282. The fraction of sp³-hybridized carbons (Fsp3) is 0.294. The molecule has 0 saturated carbocycles. The molecule has 2 aromatic carbocycles. The Balaban J connectivity index is 1.73. The third-order valence-electron chi connectivity index (χ3n) is 3.56. The Hall–Kier alpha value is -0.810. The maximum Gasteiger partial charge on any atom is 0.0846 e. The smallest absolute Gasteiger partial charge is 0.0846 e. The SMILES string of the molecule is Brc1cccc(CSc2ccccc2C2NCCCN2)c1. The predicted molar refractivity (Wildman–Crippen MR) is 93.5 cm³/mol. The van der Waals surface area contributed by atoms with E-state index in [2.05, 4.69) is 75.1 Å². The molecule has 2 aromatic rings. The molecule has 1 aliphatic rings. The van der Waals surface area contributed by atoms with E-state index in [1.54, 1.807) is 0 Å². The van der Waals surface area contributed by atoms with Gasteiger partial charge in [-0.2, -0.15) is 0 Å². The van der Waals surface area contributed by atoms with E-state index in [0.29, 0.717) is 0 Å². The lowest BCUT2D eigenvalue weighted by Crippen LogP contribution is -2.41. The first-order valence-electron chi connectivity index (χ1n) is 7.26. The highest BCUT2D eigenvalue weighted by atomic mass is 79.9. The van der Waals surface area contributed by atoms with E-state index in [1.165, 1.54) is 22.4 Å². The molecule has 1 saturated heterocycles. The lowest BCUT2D eigenvalue weighted by Gasteiger charge is -2.27. The van der Waals surface area contributed by atoms with Crippen LogP contribution in [0.1, 0.15) is 23.7 Å². The number of rotatable bonds is 4. The Morgan fingerprint density at radius 1 is 1.05 bits per heavy atom. The average Bonchev–Trinajstić information content (AvgIpc) is 2.54. The molecule has 2 N–H and O–H groups in total. The first kappa shape index (κ1) is 15.1. The fourth-order valence-corrected chi connectivity index (χ4v) is 3.99. The highest BCUT2D eigenvalue weighted by molar-refractivity contribution is 9.10. The summed E-state index contributed by atoms with van der Waals surface area (Å²) in [5, 5.41) is 7.10. The zero-order valence-electron chi connectivity index (χ0n) is 11.8. The number of hydrogen-bond acceptors (Lipinski definition) is 3. The Kier molecular flexibility index (Phi) is 5.36. The van der Waals surface area contributed by atoms with Gasteiger partial charge in [-0.05, 0) is 48.8 Å². The largest absolute Gasteiger partial charge is 0.298 e. The molecule has 0 amide bonds. The van der Waals surface area contributed by atoms with Crippen molar-refractivity contribution < 1.29 is 0 Å². The summed E-state index contributed by atoms with van der Waals surface area (Å²) in [5.74, 6) is 0.989. The van der Waals surface area contributed by atoms with Crippen LogP contribution < -0.4 is 10.6 Å². The molecule has 1 aliphatic heterocycles. The maximum atomic E-state index is 3.55. The monoisotopic (exact) mass is 362 g/mol. The molecule has 0 spiro atoms. The van der Waals surface area contributed by atoms with Crippen LogP contribution in [0.25, 0.3) is 0 Å². The maximum absolute atomic E-state index is 3.55. The number of hydrogen-bond donors (Lipinski definition) is 2. The summed E-state index contributed by atoms with van der Waals surface area (Å²) in [6, 6.07) is 17.2. The fourth-order valence-electron chi connectivity index (χ4n) is 2.51. The zero-order chi connectivity index (χ0) is 14.5. The van der Waals surface area contributed by atoms with Gasteiger partial charge in [-0.3, -0.25) is 10.6 Å². The van der Waals surface area contributed by atoms with E-state index in [-0.39, 0.29) is 6.17 Å². The highest BCUT2D eigenvalue weighted by Crippen LogP contribution is 2.30. The van der Waals surface area contributed by atoms with Crippen molar-refractivity contribution >= 4 is 27.7 Å². The summed E-state index contributed by atoms with van der Waals surface area (Å²) in [5.41, 5.74) is 2.70. The van der Waals surface area contributed by atoms with Gasteiger partial charge in [-0.25, -0.2) is 0 Å².